The molecule has 0 bridgehead atoms. The number of alkyl halides is 4. The molecular formula is C24H19F4N3O3. The van der Waals surface area contributed by atoms with E-state index in [1.807, 2.05) is 42.5 Å². The Hall–Kier alpha value is -4.08. The van der Waals surface area contributed by atoms with Crippen molar-refractivity contribution in [3.05, 3.63) is 84.4 Å². The van der Waals surface area contributed by atoms with Crippen LogP contribution in [0.2, 0.25) is 0 Å². The van der Waals surface area contributed by atoms with E-state index in [0.717, 1.165) is 11.3 Å². The molecule has 0 saturated heterocycles. The molecule has 0 radical (unpaired) electrons. The number of methoxy groups -OCH3 is 1. The number of aromatic nitrogens is 3. The van der Waals surface area contributed by atoms with E-state index < -0.39 is 12.5 Å². The van der Waals surface area contributed by atoms with Crippen LogP contribution in [-0.4, -0.2) is 34.4 Å². The summed E-state index contributed by atoms with van der Waals surface area (Å²) >= 11 is 0. The van der Waals surface area contributed by atoms with Crippen LogP contribution in [0.15, 0.2) is 78.9 Å². The topological polar surface area (TPSA) is 58.4 Å². The third-order valence-electron chi connectivity index (χ3n) is 4.80. The second kappa shape index (κ2) is 9.82. The summed E-state index contributed by atoms with van der Waals surface area (Å²) in [7, 11) is 1.58. The van der Waals surface area contributed by atoms with Gasteiger partial charge in [0.25, 0.3) is 0 Å². The second-order valence-electron chi connectivity index (χ2n) is 7.10. The van der Waals surface area contributed by atoms with E-state index >= 15 is 0 Å². The minimum absolute atomic E-state index is 0.0269. The van der Waals surface area contributed by atoms with Crippen LogP contribution >= 0.6 is 0 Å². The Bertz CT molecular complexity index is 1210. The Morgan fingerprint density at radius 1 is 0.853 bits per heavy atom. The number of para-hydroxylation sites is 1. The zero-order valence-corrected chi connectivity index (χ0v) is 17.9. The number of hydrogen-bond donors (Lipinski definition) is 0. The van der Waals surface area contributed by atoms with Gasteiger partial charge in [0.15, 0.2) is 5.82 Å². The van der Waals surface area contributed by atoms with Crippen molar-refractivity contribution in [2.24, 2.45) is 0 Å². The van der Waals surface area contributed by atoms with E-state index in [2.05, 4.69) is 14.9 Å². The zero-order chi connectivity index (χ0) is 24.1. The summed E-state index contributed by atoms with van der Waals surface area (Å²) in [6, 6.07) is 22.1. The molecule has 0 aliphatic carbocycles. The van der Waals surface area contributed by atoms with Gasteiger partial charge < -0.3 is 14.2 Å². The lowest BCUT2D eigenvalue weighted by molar-refractivity contribution is -0.253. The zero-order valence-electron chi connectivity index (χ0n) is 17.9. The molecule has 0 amide bonds. The predicted molar refractivity (Wildman–Crippen MR) is 116 cm³/mol. The molecule has 34 heavy (non-hydrogen) atoms. The number of ether oxygens (including phenoxy) is 3. The predicted octanol–water partition coefficient (Wildman–Crippen LogP) is 5.76. The highest BCUT2D eigenvalue weighted by atomic mass is 19.3. The quantitative estimate of drug-likeness (QED) is 0.290. The molecule has 176 valence electrons. The van der Waals surface area contributed by atoms with Crippen LogP contribution in [0.25, 0.3) is 17.1 Å². The Balaban J connectivity index is 1.56. The van der Waals surface area contributed by atoms with E-state index in [-0.39, 0.29) is 18.4 Å². The Labute approximate surface area is 192 Å². The highest BCUT2D eigenvalue weighted by molar-refractivity contribution is 5.60. The van der Waals surface area contributed by atoms with Gasteiger partial charge in [-0.05, 0) is 54.1 Å². The molecule has 0 aliphatic heterocycles. The first-order chi connectivity index (χ1) is 16.4. The van der Waals surface area contributed by atoms with E-state index in [9.17, 15) is 17.6 Å². The highest BCUT2D eigenvalue weighted by Crippen LogP contribution is 2.29. The maximum Gasteiger partial charge on any atom is 0.461 e. The van der Waals surface area contributed by atoms with Gasteiger partial charge in [-0.1, -0.05) is 35.4 Å². The highest BCUT2D eigenvalue weighted by Gasteiger charge is 2.43. The maximum atomic E-state index is 13.1. The number of halogens is 4. The van der Waals surface area contributed by atoms with E-state index in [4.69, 9.17) is 9.47 Å². The number of rotatable bonds is 9. The monoisotopic (exact) mass is 473 g/mol. The second-order valence-corrected chi connectivity index (χ2v) is 7.10. The van der Waals surface area contributed by atoms with Gasteiger partial charge in [-0.25, -0.2) is 4.57 Å². The maximum absolute atomic E-state index is 13.1. The molecule has 0 N–H and O–H groups in total. The fourth-order valence-corrected chi connectivity index (χ4v) is 3.10. The third-order valence-corrected chi connectivity index (χ3v) is 4.80. The summed E-state index contributed by atoms with van der Waals surface area (Å²) in [6.07, 6.45) is -8.50. The van der Waals surface area contributed by atoms with Crippen molar-refractivity contribution in [1.82, 2.24) is 14.8 Å². The van der Waals surface area contributed by atoms with Gasteiger partial charge >= 0.3 is 18.5 Å². The lowest BCUT2D eigenvalue weighted by Gasteiger charge is -2.17. The van der Waals surface area contributed by atoms with Crippen LogP contribution in [0.4, 0.5) is 17.6 Å². The average molecular weight is 473 g/mol. The van der Waals surface area contributed by atoms with Crippen molar-refractivity contribution in [2.75, 3.05) is 7.11 Å². The molecule has 0 unspecified atom stereocenters. The molecule has 4 aromatic rings. The molecule has 6 nitrogen and oxygen atoms in total. The van der Waals surface area contributed by atoms with Gasteiger partial charge in [-0.15, -0.1) is 5.10 Å². The van der Waals surface area contributed by atoms with Crippen LogP contribution in [0.5, 0.6) is 17.5 Å². The minimum Gasteiger partial charge on any atom is -0.497 e. The largest absolute Gasteiger partial charge is 0.497 e. The molecule has 0 spiro atoms. The van der Waals surface area contributed by atoms with Crippen molar-refractivity contribution in [3.8, 4) is 34.6 Å². The Morgan fingerprint density at radius 3 is 2.12 bits per heavy atom. The van der Waals surface area contributed by atoms with Gasteiger partial charge in [0, 0.05) is 5.56 Å². The first kappa shape index (κ1) is 23.1. The lowest BCUT2D eigenvalue weighted by Crippen LogP contribution is -2.33. The average Bonchev–Trinajstić information content (AvgIpc) is 3.28. The van der Waals surface area contributed by atoms with E-state index in [1.54, 1.807) is 23.8 Å². The first-order valence-electron chi connectivity index (χ1n) is 10.1. The number of benzene rings is 3. The molecule has 3 aromatic carbocycles. The summed E-state index contributed by atoms with van der Waals surface area (Å²) < 4.78 is 67.6. The van der Waals surface area contributed by atoms with E-state index in [0.29, 0.717) is 17.1 Å². The van der Waals surface area contributed by atoms with Gasteiger partial charge in [0.2, 0.25) is 0 Å². The van der Waals surface area contributed by atoms with Gasteiger partial charge in [-0.3, -0.25) is 0 Å². The molecular weight excluding hydrogens is 454 g/mol. The fraction of sp³-hybridized carbons (Fsp3) is 0.167. The first-order valence-corrected chi connectivity index (χ1v) is 10.1. The summed E-state index contributed by atoms with van der Waals surface area (Å²) in [4.78, 5) is 0. The van der Waals surface area contributed by atoms with Gasteiger partial charge in [0.05, 0.1) is 12.8 Å². The summed E-state index contributed by atoms with van der Waals surface area (Å²) in [5.41, 5.74) is 2.14. The van der Waals surface area contributed by atoms with Crippen LogP contribution in [-0.2, 0) is 6.61 Å². The van der Waals surface area contributed by atoms with Gasteiger partial charge in [-0.2, -0.15) is 17.6 Å². The molecule has 10 heteroatoms. The van der Waals surface area contributed by atoms with E-state index in [1.165, 1.54) is 24.3 Å². The van der Waals surface area contributed by atoms with Crippen LogP contribution in [0.3, 0.4) is 0 Å². The summed E-state index contributed by atoms with van der Waals surface area (Å²) in [6.45, 7) is 0.0269. The lowest BCUT2D eigenvalue weighted by atomic mass is 10.2. The standard InChI is InChI=1S/C24H19F4N3O3/c1-32-19-13-9-17(10-14-19)21-29-30-23(31(21)18-5-3-2-4-6-18)33-15-16-7-11-20(12-8-16)34-24(27,28)22(25)26/h2-14,22H,15H2,1H3. The minimum atomic E-state index is -4.57. The van der Waals surface area contributed by atoms with Crippen LogP contribution in [0.1, 0.15) is 5.56 Å². The smallest absolute Gasteiger partial charge is 0.461 e. The molecule has 0 fully saturated rings. The molecule has 1 aromatic heterocycles. The van der Waals surface area contributed by atoms with Crippen molar-refractivity contribution < 1.29 is 31.8 Å². The van der Waals surface area contributed by atoms with Crippen molar-refractivity contribution >= 4 is 0 Å². The number of nitrogens with zero attached hydrogens (tertiary/aromatic N) is 3. The molecule has 4 rings (SSSR count). The van der Waals surface area contributed by atoms with Crippen LogP contribution in [0, 0.1) is 0 Å². The third kappa shape index (κ3) is 5.11. The molecule has 1 heterocycles. The Kier molecular flexibility index (Phi) is 6.67. The summed E-state index contributed by atoms with van der Waals surface area (Å²) in [5.74, 6) is 0.856. The van der Waals surface area contributed by atoms with Crippen molar-refractivity contribution in [3.63, 3.8) is 0 Å². The Morgan fingerprint density at radius 2 is 1.50 bits per heavy atom. The van der Waals surface area contributed by atoms with Crippen LogP contribution < -0.4 is 14.2 Å². The molecule has 0 atom stereocenters. The SMILES string of the molecule is COc1ccc(-c2nnc(OCc3ccc(OC(F)(F)C(F)F)cc3)n2-c2ccccc2)cc1. The van der Waals surface area contributed by atoms with Gasteiger partial charge in [0.1, 0.15) is 18.1 Å². The normalized spacial score (nSPS) is 11.5. The summed E-state index contributed by atoms with van der Waals surface area (Å²) in [5, 5.41) is 8.44. The fourth-order valence-electron chi connectivity index (χ4n) is 3.10. The molecule has 0 aliphatic rings. The number of hydrogen-bond acceptors (Lipinski definition) is 5. The van der Waals surface area contributed by atoms with Crippen molar-refractivity contribution in [1.29, 1.82) is 0 Å². The molecule has 0 saturated carbocycles. The van der Waals surface area contributed by atoms with Crippen molar-refractivity contribution in [2.45, 2.75) is 19.1 Å².